The van der Waals surface area contributed by atoms with Gasteiger partial charge in [-0.25, -0.2) is 4.68 Å². The Morgan fingerprint density at radius 1 is 1.20 bits per heavy atom. The summed E-state index contributed by atoms with van der Waals surface area (Å²) < 4.78 is 20.0. The van der Waals surface area contributed by atoms with Crippen molar-refractivity contribution in [3.63, 3.8) is 0 Å². The minimum Gasteiger partial charge on any atom is -0.394 e. The van der Waals surface area contributed by atoms with Crippen molar-refractivity contribution in [2.45, 2.75) is 49.2 Å². The van der Waals surface area contributed by atoms with Crippen molar-refractivity contribution in [3.8, 4) is 11.3 Å². The van der Waals surface area contributed by atoms with Crippen molar-refractivity contribution in [2.75, 3.05) is 12.9 Å². The number of hydrogen-bond donors (Lipinski definition) is 1. The number of aliphatic hydroxyl groups excluding tert-OH is 1. The number of nitrogens with zero attached hydrogens (tertiary/aromatic N) is 2. The van der Waals surface area contributed by atoms with E-state index >= 15 is 0 Å². The lowest BCUT2D eigenvalue weighted by molar-refractivity contribution is -0.201. The molecule has 0 bridgehead atoms. The molecular formula is C18H22N2O4S. The molecule has 4 atom stereocenters. The van der Waals surface area contributed by atoms with Crippen molar-refractivity contribution in [1.82, 2.24) is 9.78 Å². The summed E-state index contributed by atoms with van der Waals surface area (Å²) in [5, 5.41) is 15.3. The summed E-state index contributed by atoms with van der Waals surface area (Å²) in [7, 11) is 0. The number of thioether (sulfide) groups is 1. The van der Waals surface area contributed by atoms with Gasteiger partial charge in [0.25, 0.3) is 0 Å². The van der Waals surface area contributed by atoms with E-state index in [1.807, 2.05) is 61.2 Å². The molecule has 2 aliphatic heterocycles. The Morgan fingerprint density at radius 2 is 1.92 bits per heavy atom. The number of rotatable bonds is 4. The van der Waals surface area contributed by atoms with E-state index in [1.54, 1.807) is 11.8 Å². The highest BCUT2D eigenvalue weighted by Gasteiger charge is 2.56. The Balaban J connectivity index is 1.75. The molecule has 1 unspecified atom stereocenters. The molecule has 3 heterocycles. The summed E-state index contributed by atoms with van der Waals surface area (Å²) in [6.07, 6.45) is 0.497. The van der Waals surface area contributed by atoms with Gasteiger partial charge in [0.1, 0.15) is 23.3 Å². The first-order valence-electron chi connectivity index (χ1n) is 8.33. The second kappa shape index (κ2) is 6.41. The van der Waals surface area contributed by atoms with E-state index in [-0.39, 0.29) is 18.8 Å². The molecular weight excluding hydrogens is 340 g/mol. The molecule has 1 aromatic heterocycles. The van der Waals surface area contributed by atoms with E-state index in [0.29, 0.717) is 0 Å². The molecule has 0 aliphatic carbocycles. The lowest BCUT2D eigenvalue weighted by atomic mass is 10.1. The van der Waals surface area contributed by atoms with E-state index < -0.39 is 18.1 Å². The van der Waals surface area contributed by atoms with Crippen LogP contribution in [0, 0.1) is 0 Å². The molecule has 7 heteroatoms. The number of benzene rings is 1. The van der Waals surface area contributed by atoms with Gasteiger partial charge in [0.15, 0.2) is 12.0 Å². The smallest absolute Gasteiger partial charge is 0.180 e. The summed E-state index contributed by atoms with van der Waals surface area (Å²) in [6.45, 7) is 3.64. The normalized spacial score (nSPS) is 30.6. The van der Waals surface area contributed by atoms with E-state index in [9.17, 15) is 5.11 Å². The molecule has 134 valence electrons. The third-order valence-electron chi connectivity index (χ3n) is 4.54. The van der Waals surface area contributed by atoms with E-state index in [4.69, 9.17) is 19.3 Å². The fourth-order valence-corrected chi connectivity index (χ4v) is 3.89. The molecule has 2 saturated heterocycles. The molecule has 0 saturated carbocycles. The Morgan fingerprint density at radius 3 is 2.60 bits per heavy atom. The SMILES string of the molecule is CSc1cc(-c2ccccc2)n(C2O[C@H](CO)[C@H]3OC(C)(C)O[C@@H]23)n1. The maximum absolute atomic E-state index is 9.69. The standard InChI is InChI=1S/C18H22N2O4S/c1-18(2)23-15-13(10-21)22-17(16(15)24-18)20-12(9-14(19-20)25-3)11-7-5-4-6-8-11/h4-9,13,15-17,21H,10H2,1-3H3/t13-,15-,16-,17?/m1/s1. The van der Waals surface area contributed by atoms with Crippen LogP contribution >= 0.6 is 11.8 Å². The average Bonchev–Trinajstić information content (AvgIpc) is 3.25. The zero-order valence-electron chi connectivity index (χ0n) is 14.5. The maximum atomic E-state index is 9.69. The Labute approximate surface area is 151 Å². The van der Waals surface area contributed by atoms with Crippen LogP contribution in [0.3, 0.4) is 0 Å². The number of ether oxygens (including phenoxy) is 3. The second-order valence-corrected chi connectivity index (χ2v) is 7.52. The minimum absolute atomic E-state index is 0.117. The van der Waals surface area contributed by atoms with Gasteiger partial charge in [0, 0.05) is 0 Å². The van der Waals surface area contributed by atoms with Crippen molar-refractivity contribution in [3.05, 3.63) is 36.4 Å². The fraction of sp³-hybridized carbons (Fsp3) is 0.500. The summed E-state index contributed by atoms with van der Waals surface area (Å²) in [6, 6.07) is 12.1. The van der Waals surface area contributed by atoms with Crippen molar-refractivity contribution >= 4 is 11.8 Å². The zero-order valence-corrected chi connectivity index (χ0v) is 15.3. The molecule has 0 amide bonds. The van der Waals surface area contributed by atoms with Crippen molar-refractivity contribution in [1.29, 1.82) is 0 Å². The quantitative estimate of drug-likeness (QED) is 0.844. The lowest BCUT2D eigenvalue weighted by Crippen LogP contribution is -2.31. The maximum Gasteiger partial charge on any atom is 0.180 e. The van der Waals surface area contributed by atoms with Crippen LogP contribution in [-0.2, 0) is 14.2 Å². The number of hydrogen-bond acceptors (Lipinski definition) is 6. The highest BCUT2D eigenvalue weighted by Crippen LogP contribution is 2.44. The van der Waals surface area contributed by atoms with Crippen LogP contribution in [0.5, 0.6) is 0 Å². The Bertz CT molecular complexity index is 749. The van der Waals surface area contributed by atoms with Gasteiger partial charge in [-0.15, -0.1) is 11.8 Å². The summed E-state index contributed by atoms with van der Waals surface area (Å²) in [5.74, 6) is -0.701. The van der Waals surface area contributed by atoms with Gasteiger partial charge >= 0.3 is 0 Å². The van der Waals surface area contributed by atoms with Gasteiger partial charge in [-0.2, -0.15) is 5.10 Å². The number of fused-ring (bicyclic) bond motifs is 1. The van der Waals surface area contributed by atoms with Crippen molar-refractivity contribution < 1.29 is 19.3 Å². The fourth-order valence-electron chi connectivity index (χ4n) is 3.49. The summed E-state index contributed by atoms with van der Waals surface area (Å²) in [5.41, 5.74) is 2.02. The van der Waals surface area contributed by atoms with Crippen LogP contribution in [-0.4, -0.2) is 51.8 Å². The average molecular weight is 362 g/mol. The monoisotopic (exact) mass is 362 g/mol. The van der Waals surface area contributed by atoms with Gasteiger partial charge in [-0.05, 0) is 31.7 Å². The highest BCUT2D eigenvalue weighted by molar-refractivity contribution is 7.98. The second-order valence-electron chi connectivity index (χ2n) is 6.69. The van der Waals surface area contributed by atoms with Crippen LogP contribution < -0.4 is 0 Å². The van der Waals surface area contributed by atoms with Crippen LogP contribution in [0.15, 0.2) is 41.4 Å². The molecule has 1 aromatic carbocycles. The minimum atomic E-state index is -0.701. The summed E-state index contributed by atoms with van der Waals surface area (Å²) >= 11 is 1.58. The van der Waals surface area contributed by atoms with Crippen LogP contribution in [0.4, 0.5) is 0 Å². The predicted molar refractivity (Wildman–Crippen MR) is 94.3 cm³/mol. The molecule has 4 rings (SSSR count). The van der Waals surface area contributed by atoms with Gasteiger partial charge in [-0.3, -0.25) is 0 Å². The van der Waals surface area contributed by atoms with Gasteiger partial charge in [0.2, 0.25) is 0 Å². The third kappa shape index (κ3) is 3.00. The first kappa shape index (κ1) is 17.1. The first-order valence-corrected chi connectivity index (χ1v) is 9.56. The topological polar surface area (TPSA) is 65.7 Å². The van der Waals surface area contributed by atoms with Crippen LogP contribution in [0.25, 0.3) is 11.3 Å². The molecule has 2 aromatic rings. The van der Waals surface area contributed by atoms with E-state index in [2.05, 4.69) is 0 Å². The molecule has 25 heavy (non-hydrogen) atoms. The molecule has 2 fully saturated rings. The Kier molecular flexibility index (Phi) is 4.37. The number of aliphatic hydroxyl groups is 1. The molecule has 6 nitrogen and oxygen atoms in total. The third-order valence-corrected chi connectivity index (χ3v) is 5.16. The van der Waals surface area contributed by atoms with E-state index in [0.717, 1.165) is 16.3 Å². The van der Waals surface area contributed by atoms with Crippen LogP contribution in [0.2, 0.25) is 0 Å². The Hall–Kier alpha value is -1.38. The molecule has 0 spiro atoms. The van der Waals surface area contributed by atoms with Gasteiger partial charge in [-0.1, -0.05) is 30.3 Å². The molecule has 1 N–H and O–H groups in total. The summed E-state index contributed by atoms with van der Waals surface area (Å²) in [4.78, 5) is 0. The first-order chi connectivity index (χ1) is 12.0. The van der Waals surface area contributed by atoms with E-state index in [1.165, 1.54) is 0 Å². The lowest BCUT2D eigenvalue weighted by Gasteiger charge is -2.24. The van der Waals surface area contributed by atoms with Crippen molar-refractivity contribution in [2.24, 2.45) is 0 Å². The highest BCUT2D eigenvalue weighted by atomic mass is 32.2. The zero-order chi connectivity index (χ0) is 17.6. The number of aromatic nitrogens is 2. The largest absolute Gasteiger partial charge is 0.394 e. The van der Waals surface area contributed by atoms with Gasteiger partial charge < -0.3 is 19.3 Å². The van der Waals surface area contributed by atoms with Gasteiger partial charge in [0.05, 0.1) is 12.3 Å². The predicted octanol–water partition coefficient (Wildman–Crippen LogP) is 2.68. The molecule has 2 aliphatic rings. The van der Waals surface area contributed by atoms with Crippen LogP contribution in [0.1, 0.15) is 20.1 Å². The molecule has 0 radical (unpaired) electrons.